The molecule has 0 saturated carbocycles. The van der Waals surface area contributed by atoms with E-state index in [0.717, 1.165) is 74.9 Å². The van der Waals surface area contributed by atoms with Crippen molar-refractivity contribution in [2.24, 2.45) is 5.92 Å². The third kappa shape index (κ3) is 5.34. The van der Waals surface area contributed by atoms with E-state index in [9.17, 15) is 4.79 Å². The van der Waals surface area contributed by atoms with Crippen LogP contribution in [0.2, 0.25) is 5.02 Å². The molecule has 2 aromatic rings. The van der Waals surface area contributed by atoms with Crippen LogP contribution in [0.3, 0.4) is 0 Å². The van der Waals surface area contributed by atoms with Gasteiger partial charge in [0.15, 0.2) is 0 Å². The zero-order valence-corrected chi connectivity index (χ0v) is 18.4. The second-order valence-electron chi connectivity index (χ2n) is 8.47. The molecule has 4 rings (SSSR count). The van der Waals surface area contributed by atoms with E-state index in [2.05, 4.69) is 45.3 Å². The molecule has 0 spiro atoms. The third-order valence-electron chi connectivity index (χ3n) is 6.31. The number of piperidine rings is 1. The van der Waals surface area contributed by atoms with Crippen LogP contribution < -0.4 is 10.2 Å². The summed E-state index contributed by atoms with van der Waals surface area (Å²) in [6.07, 6.45) is 1.77. The number of likely N-dealkylation sites (N-methyl/N-ethyl adjacent to an activating group) is 1. The SMILES string of the molecule is CN1CCN(c2ccc(NC(=O)C3CCN(Cc4ccccc4Cl)CC3)cc2)CC1. The monoisotopic (exact) mass is 426 g/mol. The standard InChI is InChI=1S/C24H31ClN4O/c1-27-14-16-29(17-15-27)22-8-6-21(7-9-22)26-24(30)19-10-12-28(13-11-19)18-20-4-2-3-5-23(20)25/h2-9,19H,10-18H2,1H3,(H,26,30). The molecular formula is C24H31ClN4O. The minimum atomic E-state index is 0.0739. The number of nitrogens with zero attached hydrogens (tertiary/aromatic N) is 3. The number of nitrogens with one attached hydrogen (secondary N) is 1. The van der Waals surface area contributed by atoms with Crippen molar-refractivity contribution in [3.05, 3.63) is 59.1 Å². The molecule has 5 nitrogen and oxygen atoms in total. The predicted octanol–water partition coefficient (Wildman–Crippen LogP) is 3.94. The zero-order chi connectivity index (χ0) is 20.9. The molecule has 1 N–H and O–H groups in total. The van der Waals surface area contributed by atoms with Crippen LogP contribution in [-0.4, -0.2) is 62.0 Å². The highest BCUT2D eigenvalue weighted by Gasteiger charge is 2.25. The Balaban J connectivity index is 1.25. The molecule has 0 aliphatic carbocycles. The van der Waals surface area contributed by atoms with Gasteiger partial charge >= 0.3 is 0 Å². The number of likely N-dealkylation sites (tertiary alicyclic amines) is 1. The number of benzene rings is 2. The number of halogens is 1. The van der Waals surface area contributed by atoms with E-state index in [4.69, 9.17) is 11.6 Å². The molecule has 2 fully saturated rings. The molecule has 2 heterocycles. The maximum atomic E-state index is 12.7. The van der Waals surface area contributed by atoms with Crippen molar-refractivity contribution in [2.75, 3.05) is 56.5 Å². The Kier molecular flexibility index (Phi) is 6.93. The lowest BCUT2D eigenvalue weighted by Gasteiger charge is -2.34. The first-order valence-electron chi connectivity index (χ1n) is 10.9. The predicted molar refractivity (Wildman–Crippen MR) is 124 cm³/mol. The molecular weight excluding hydrogens is 396 g/mol. The van der Waals surface area contributed by atoms with Crippen molar-refractivity contribution >= 4 is 28.9 Å². The Hall–Kier alpha value is -2.08. The van der Waals surface area contributed by atoms with Crippen LogP contribution in [0.4, 0.5) is 11.4 Å². The fourth-order valence-electron chi connectivity index (χ4n) is 4.29. The molecule has 2 aliphatic heterocycles. The Morgan fingerprint density at radius 3 is 2.30 bits per heavy atom. The van der Waals surface area contributed by atoms with Gasteiger partial charge in [-0.25, -0.2) is 0 Å². The van der Waals surface area contributed by atoms with Crippen LogP contribution in [-0.2, 0) is 11.3 Å². The van der Waals surface area contributed by atoms with E-state index in [-0.39, 0.29) is 11.8 Å². The molecule has 160 valence electrons. The molecule has 2 aromatic carbocycles. The summed E-state index contributed by atoms with van der Waals surface area (Å²) in [6, 6.07) is 16.3. The second kappa shape index (κ2) is 9.82. The van der Waals surface area contributed by atoms with E-state index in [0.29, 0.717) is 0 Å². The van der Waals surface area contributed by atoms with Gasteiger partial charge in [0.25, 0.3) is 0 Å². The summed E-state index contributed by atoms with van der Waals surface area (Å²) in [7, 11) is 2.16. The summed E-state index contributed by atoms with van der Waals surface area (Å²) in [5, 5.41) is 3.93. The fourth-order valence-corrected chi connectivity index (χ4v) is 4.48. The van der Waals surface area contributed by atoms with Crippen LogP contribution in [0.15, 0.2) is 48.5 Å². The molecule has 0 bridgehead atoms. The van der Waals surface area contributed by atoms with E-state index in [1.165, 1.54) is 5.69 Å². The van der Waals surface area contributed by atoms with Gasteiger partial charge < -0.3 is 15.1 Å². The van der Waals surface area contributed by atoms with Crippen molar-refractivity contribution in [3.63, 3.8) is 0 Å². The highest BCUT2D eigenvalue weighted by Crippen LogP contribution is 2.24. The largest absolute Gasteiger partial charge is 0.369 e. The van der Waals surface area contributed by atoms with Gasteiger partial charge in [-0.15, -0.1) is 0 Å². The van der Waals surface area contributed by atoms with Gasteiger partial charge in [-0.1, -0.05) is 29.8 Å². The molecule has 0 aromatic heterocycles. The molecule has 1 amide bonds. The summed E-state index contributed by atoms with van der Waals surface area (Å²) in [6.45, 7) is 6.98. The Morgan fingerprint density at radius 2 is 1.63 bits per heavy atom. The van der Waals surface area contributed by atoms with Gasteiger partial charge in [-0.2, -0.15) is 0 Å². The molecule has 30 heavy (non-hydrogen) atoms. The lowest BCUT2D eigenvalue weighted by atomic mass is 9.95. The maximum Gasteiger partial charge on any atom is 0.227 e. The van der Waals surface area contributed by atoms with E-state index in [1.807, 2.05) is 30.3 Å². The van der Waals surface area contributed by atoms with Crippen LogP contribution in [0.25, 0.3) is 0 Å². The second-order valence-corrected chi connectivity index (χ2v) is 8.88. The lowest BCUT2D eigenvalue weighted by Crippen LogP contribution is -2.44. The lowest BCUT2D eigenvalue weighted by molar-refractivity contribution is -0.121. The van der Waals surface area contributed by atoms with Gasteiger partial charge in [0.05, 0.1) is 0 Å². The van der Waals surface area contributed by atoms with Crippen molar-refractivity contribution < 1.29 is 4.79 Å². The first kappa shape index (κ1) is 21.2. The van der Waals surface area contributed by atoms with Crippen molar-refractivity contribution in [1.82, 2.24) is 9.80 Å². The Labute approximate surface area is 184 Å². The normalized spacial score (nSPS) is 19.1. The Morgan fingerprint density at radius 1 is 0.967 bits per heavy atom. The first-order chi connectivity index (χ1) is 14.6. The van der Waals surface area contributed by atoms with Crippen LogP contribution in [0, 0.1) is 5.92 Å². The summed E-state index contributed by atoms with van der Waals surface area (Å²) in [5.74, 6) is 0.213. The van der Waals surface area contributed by atoms with E-state index in [1.54, 1.807) is 0 Å². The topological polar surface area (TPSA) is 38.8 Å². The number of anilines is 2. The van der Waals surface area contributed by atoms with E-state index < -0.39 is 0 Å². The average Bonchev–Trinajstić information content (AvgIpc) is 2.77. The number of carbonyl (C=O) groups excluding carboxylic acids is 1. The van der Waals surface area contributed by atoms with Gasteiger partial charge in [-0.05, 0) is 68.9 Å². The zero-order valence-electron chi connectivity index (χ0n) is 17.7. The number of rotatable bonds is 5. The van der Waals surface area contributed by atoms with Crippen LogP contribution in [0.1, 0.15) is 18.4 Å². The van der Waals surface area contributed by atoms with Gasteiger partial charge in [0.2, 0.25) is 5.91 Å². The quantitative estimate of drug-likeness (QED) is 0.785. The van der Waals surface area contributed by atoms with Gasteiger partial charge in [0, 0.05) is 55.0 Å². The van der Waals surface area contributed by atoms with Crippen LogP contribution in [0.5, 0.6) is 0 Å². The first-order valence-corrected chi connectivity index (χ1v) is 11.3. The van der Waals surface area contributed by atoms with Crippen LogP contribution >= 0.6 is 11.6 Å². The molecule has 0 atom stereocenters. The van der Waals surface area contributed by atoms with Gasteiger partial charge in [-0.3, -0.25) is 9.69 Å². The number of hydrogen-bond acceptors (Lipinski definition) is 4. The maximum absolute atomic E-state index is 12.7. The fraction of sp³-hybridized carbons (Fsp3) is 0.458. The summed E-state index contributed by atoms with van der Waals surface area (Å²) in [4.78, 5) is 19.9. The molecule has 0 radical (unpaired) electrons. The minimum Gasteiger partial charge on any atom is -0.369 e. The Bertz CT molecular complexity index is 841. The summed E-state index contributed by atoms with van der Waals surface area (Å²) < 4.78 is 0. The molecule has 2 aliphatic rings. The number of hydrogen-bond donors (Lipinski definition) is 1. The number of carbonyl (C=O) groups is 1. The summed E-state index contributed by atoms with van der Waals surface area (Å²) in [5.41, 5.74) is 3.27. The van der Waals surface area contributed by atoms with Gasteiger partial charge in [0.1, 0.15) is 0 Å². The van der Waals surface area contributed by atoms with Crippen molar-refractivity contribution in [2.45, 2.75) is 19.4 Å². The minimum absolute atomic E-state index is 0.0739. The highest BCUT2D eigenvalue weighted by atomic mass is 35.5. The highest BCUT2D eigenvalue weighted by molar-refractivity contribution is 6.31. The smallest absolute Gasteiger partial charge is 0.227 e. The summed E-state index contributed by atoms with van der Waals surface area (Å²) >= 11 is 6.28. The third-order valence-corrected chi connectivity index (χ3v) is 6.68. The van der Waals surface area contributed by atoms with E-state index >= 15 is 0 Å². The van der Waals surface area contributed by atoms with Crippen molar-refractivity contribution in [1.29, 1.82) is 0 Å². The number of amides is 1. The number of piperazine rings is 1. The molecule has 2 saturated heterocycles. The molecule has 6 heteroatoms. The molecule has 0 unspecified atom stereocenters. The average molecular weight is 427 g/mol. The van der Waals surface area contributed by atoms with Crippen molar-refractivity contribution in [3.8, 4) is 0 Å².